The number of piperazine rings is 1. The molecular formula is C27H30N2O2. The van der Waals surface area contributed by atoms with Gasteiger partial charge >= 0.3 is 0 Å². The molecule has 1 aliphatic heterocycles. The summed E-state index contributed by atoms with van der Waals surface area (Å²) >= 11 is 0. The molecule has 1 saturated heterocycles. The predicted molar refractivity (Wildman–Crippen MR) is 125 cm³/mol. The fraction of sp³-hybridized carbons (Fsp3) is 0.296. The Morgan fingerprint density at radius 1 is 1.00 bits per heavy atom. The van der Waals surface area contributed by atoms with E-state index in [9.17, 15) is 4.79 Å². The first kappa shape index (κ1) is 21.1. The second-order valence-corrected chi connectivity index (χ2v) is 8.16. The summed E-state index contributed by atoms with van der Waals surface area (Å²) < 4.78 is 6.11. The van der Waals surface area contributed by atoms with E-state index in [-0.39, 0.29) is 11.9 Å². The molecule has 1 heterocycles. The summed E-state index contributed by atoms with van der Waals surface area (Å²) in [5.41, 5.74) is 3.53. The highest BCUT2D eigenvalue weighted by Gasteiger charge is 2.26. The summed E-state index contributed by atoms with van der Waals surface area (Å²) in [6, 6.07) is 26.7. The molecule has 1 aliphatic rings. The van der Waals surface area contributed by atoms with E-state index in [2.05, 4.69) is 47.5 Å². The van der Waals surface area contributed by atoms with Crippen molar-refractivity contribution >= 4 is 5.91 Å². The van der Waals surface area contributed by atoms with Crippen LogP contribution in [0.15, 0.2) is 78.9 Å². The summed E-state index contributed by atoms with van der Waals surface area (Å²) in [4.78, 5) is 15.2. The maximum atomic E-state index is 13.1. The van der Waals surface area contributed by atoms with Crippen molar-refractivity contribution in [1.82, 2.24) is 10.2 Å². The van der Waals surface area contributed by atoms with E-state index in [1.54, 1.807) is 0 Å². The first-order chi connectivity index (χ1) is 15.2. The molecule has 0 aliphatic carbocycles. The van der Waals surface area contributed by atoms with Gasteiger partial charge in [-0.3, -0.25) is 4.79 Å². The number of para-hydroxylation sites is 1. The fourth-order valence-electron chi connectivity index (χ4n) is 4.09. The quantitative estimate of drug-likeness (QED) is 0.606. The SMILES string of the molecule is Cc1ccc(Oc2ccccc2CCC(=O)N2CCNC[C@H]2Cc2ccccc2)cc1. The van der Waals surface area contributed by atoms with Gasteiger partial charge in [0.05, 0.1) is 0 Å². The summed E-state index contributed by atoms with van der Waals surface area (Å²) in [5, 5.41) is 3.44. The largest absolute Gasteiger partial charge is 0.457 e. The Hall–Kier alpha value is -3.11. The van der Waals surface area contributed by atoms with Crippen molar-refractivity contribution in [3.8, 4) is 11.5 Å². The lowest BCUT2D eigenvalue weighted by Crippen LogP contribution is -2.54. The molecule has 31 heavy (non-hydrogen) atoms. The minimum Gasteiger partial charge on any atom is -0.457 e. The molecule has 0 aromatic heterocycles. The minimum absolute atomic E-state index is 0.197. The smallest absolute Gasteiger partial charge is 0.223 e. The number of benzene rings is 3. The molecule has 1 atom stereocenters. The monoisotopic (exact) mass is 414 g/mol. The number of ether oxygens (including phenoxy) is 1. The predicted octanol–water partition coefficient (Wildman–Crippen LogP) is 4.76. The van der Waals surface area contributed by atoms with Crippen LogP contribution in [0.5, 0.6) is 11.5 Å². The molecule has 1 fully saturated rings. The number of aryl methyl sites for hydroxylation is 2. The maximum absolute atomic E-state index is 13.1. The fourth-order valence-corrected chi connectivity index (χ4v) is 4.09. The Bertz CT molecular complexity index is 986. The Morgan fingerprint density at radius 2 is 1.74 bits per heavy atom. The van der Waals surface area contributed by atoms with Gasteiger partial charge in [0.15, 0.2) is 0 Å². The van der Waals surface area contributed by atoms with Crippen molar-refractivity contribution < 1.29 is 9.53 Å². The Balaban J connectivity index is 1.40. The van der Waals surface area contributed by atoms with Crippen LogP contribution in [-0.4, -0.2) is 36.5 Å². The van der Waals surface area contributed by atoms with Gasteiger partial charge in [-0.05, 0) is 49.1 Å². The van der Waals surface area contributed by atoms with Gasteiger partial charge in [0.25, 0.3) is 0 Å². The van der Waals surface area contributed by atoms with Crippen molar-refractivity contribution in [3.05, 3.63) is 95.6 Å². The summed E-state index contributed by atoms with van der Waals surface area (Å²) in [6.45, 7) is 4.51. The van der Waals surface area contributed by atoms with E-state index < -0.39 is 0 Å². The van der Waals surface area contributed by atoms with Crippen LogP contribution >= 0.6 is 0 Å². The van der Waals surface area contributed by atoms with Gasteiger partial charge < -0.3 is 15.0 Å². The van der Waals surface area contributed by atoms with E-state index in [0.717, 1.165) is 43.1 Å². The topological polar surface area (TPSA) is 41.6 Å². The molecule has 4 nitrogen and oxygen atoms in total. The molecule has 0 radical (unpaired) electrons. The number of carbonyl (C=O) groups excluding carboxylic acids is 1. The molecule has 160 valence electrons. The zero-order valence-electron chi connectivity index (χ0n) is 18.1. The van der Waals surface area contributed by atoms with Crippen LogP contribution in [0.3, 0.4) is 0 Å². The van der Waals surface area contributed by atoms with Gasteiger partial charge in [0, 0.05) is 32.1 Å². The van der Waals surface area contributed by atoms with E-state index in [1.807, 2.05) is 48.5 Å². The number of nitrogens with one attached hydrogen (secondary N) is 1. The number of hydrogen-bond acceptors (Lipinski definition) is 3. The van der Waals surface area contributed by atoms with Crippen LogP contribution < -0.4 is 10.1 Å². The van der Waals surface area contributed by atoms with E-state index in [1.165, 1.54) is 11.1 Å². The molecule has 1 amide bonds. The number of rotatable bonds is 7. The molecule has 4 rings (SSSR count). The van der Waals surface area contributed by atoms with Gasteiger partial charge in [0.2, 0.25) is 5.91 Å². The first-order valence-corrected chi connectivity index (χ1v) is 11.1. The van der Waals surface area contributed by atoms with Crippen LogP contribution in [0.25, 0.3) is 0 Å². The summed E-state index contributed by atoms with van der Waals surface area (Å²) in [7, 11) is 0. The van der Waals surface area contributed by atoms with Gasteiger partial charge in [-0.15, -0.1) is 0 Å². The average Bonchev–Trinajstić information content (AvgIpc) is 2.81. The molecule has 0 saturated carbocycles. The number of nitrogens with zero attached hydrogens (tertiary/aromatic N) is 1. The molecule has 0 unspecified atom stereocenters. The second kappa shape index (κ2) is 10.3. The molecule has 3 aromatic carbocycles. The lowest BCUT2D eigenvalue weighted by molar-refractivity contribution is -0.134. The normalized spacial score (nSPS) is 16.2. The lowest BCUT2D eigenvalue weighted by Gasteiger charge is -2.36. The third kappa shape index (κ3) is 5.74. The zero-order valence-corrected chi connectivity index (χ0v) is 18.1. The standard InChI is InChI=1S/C27H30N2O2/c1-21-11-14-25(15-12-21)31-26-10-6-5-9-23(26)13-16-27(30)29-18-17-28-20-24(29)19-22-7-3-2-4-8-22/h2-12,14-15,24,28H,13,16-20H2,1H3/t24-/m1/s1. The lowest BCUT2D eigenvalue weighted by atomic mass is 10.0. The van der Waals surface area contributed by atoms with Crippen LogP contribution in [0.1, 0.15) is 23.1 Å². The van der Waals surface area contributed by atoms with Crippen molar-refractivity contribution in [2.24, 2.45) is 0 Å². The van der Waals surface area contributed by atoms with Gasteiger partial charge in [-0.25, -0.2) is 0 Å². The highest BCUT2D eigenvalue weighted by atomic mass is 16.5. The van der Waals surface area contributed by atoms with Gasteiger partial charge in [-0.1, -0.05) is 66.2 Å². The van der Waals surface area contributed by atoms with Gasteiger partial charge in [-0.2, -0.15) is 0 Å². The van der Waals surface area contributed by atoms with E-state index in [4.69, 9.17) is 4.74 Å². The second-order valence-electron chi connectivity index (χ2n) is 8.16. The van der Waals surface area contributed by atoms with Crippen molar-refractivity contribution in [2.45, 2.75) is 32.2 Å². The van der Waals surface area contributed by atoms with Crippen molar-refractivity contribution in [2.75, 3.05) is 19.6 Å². The van der Waals surface area contributed by atoms with Gasteiger partial charge in [0.1, 0.15) is 11.5 Å². The third-order valence-electron chi connectivity index (χ3n) is 5.81. The molecule has 3 aromatic rings. The van der Waals surface area contributed by atoms with Crippen LogP contribution in [0.4, 0.5) is 0 Å². The van der Waals surface area contributed by atoms with Crippen LogP contribution in [0.2, 0.25) is 0 Å². The molecule has 4 heteroatoms. The van der Waals surface area contributed by atoms with Crippen LogP contribution in [-0.2, 0) is 17.6 Å². The maximum Gasteiger partial charge on any atom is 0.223 e. The zero-order chi connectivity index (χ0) is 21.5. The number of hydrogen-bond donors (Lipinski definition) is 1. The molecule has 0 bridgehead atoms. The Labute approximate surface area is 184 Å². The third-order valence-corrected chi connectivity index (χ3v) is 5.81. The number of carbonyl (C=O) groups is 1. The van der Waals surface area contributed by atoms with Crippen molar-refractivity contribution in [3.63, 3.8) is 0 Å². The summed E-state index contributed by atoms with van der Waals surface area (Å²) in [5.74, 6) is 1.85. The minimum atomic E-state index is 0.197. The number of amides is 1. The average molecular weight is 415 g/mol. The first-order valence-electron chi connectivity index (χ1n) is 11.1. The molecular weight excluding hydrogens is 384 g/mol. The van der Waals surface area contributed by atoms with E-state index in [0.29, 0.717) is 12.8 Å². The molecule has 0 spiro atoms. The van der Waals surface area contributed by atoms with Crippen molar-refractivity contribution in [1.29, 1.82) is 0 Å². The summed E-state index contributed by atoms with van der Waals surface area (Å²) in [6.07, 6.45) is 2.04. The molecule has 1 N–H and O–H groups in total. The Morgan fingerprint density at radius 3 is 2.55 bits per heavy atom. The van der Waals surface area contributed by atoms with Crippen LogP contribution in [0, 0.1) is 6.92 Å². The van der Waals surface area contributed by atoms with E-state index >= 15 is 0 Å². The Kier molecular flexibility index (Phi) is 7.00. The highest BCUT2D eigenvalue weighted by molar-refractivity contribution is 5.77. The highest BCUT2D eigenvalue weighted by Crippen LogP contribution is 2.27.